The third-order valence-electron chi connectivity index (χ3n) is 8.87. The maximum atomic E-state index is 13.6. The molecule has 1 heterocycles. The zero-order valence-electron chi connectivity index (χ0n) is 28.8. The van der Waals surface area contributed by atoms with Crippen molar-refractivity contribution in [2.45, 2.75) is 50.8 Å². The van der Waals surface area contributed by atoms with E-state index < -0.39 is 16.1 Å². The number of nitrogen functional groups attached to an aromatic ring is 1. The summed E-state index contributed by atoms with van der Waals surface area (Å²) in [6, 6.07) is 25.6. The van der Waals surface area contributed by atoms with Gasteiger partial charge in [0, 0.05) is 42.4 Å². The highest BCUT2D eigenvalue weighted by molar-refractivity contribution is 7.92. The Hall–Kier alpha value is -4.91. The summed E-state index contributed by atoms with van der Waals surface area (Å²) in [5, 5.41) is 12.8. The normalized spacial score (nSPS) is 17.2. The van der Waals surface area contributed by atoms with Crippen LogP contribution in [-0.4, -0.2) is 74.0 Å². The molecule has 1 aliphatic rings. The van der Waals surface area contributed by atoms with Gasteiger partial charge >= 0.3 is 0 Å². The smallest absolute Gasteiger partial charge is 0.261 e. The van der Waals surface area contributed by atoms with Crippen LogP contribution in [0, 0.1) is 12.8 Å². The second-order valence-electron chi connectivity index (χ2n) is 13.1. The highest BCUT2D eigenvalue weighted by Gasteiger charge is 2.31. The highest BCUT2D eigenvalue weighted by atomic mass is 32.2. The summed E-state index contributed by atoms with van der Waals surface area (Å²) >= 11 is 0. The van der Waals surface area contributed by atoms with Crippen molar-refractivity contribution < 1.29 is 27.9 Å². The number of nitrogens with two attached hydrogens (primary N) is 1. The van der Waals surface area contributed by atoms with Crippen LogP contribution in [0.3, 0.4) is 0 Å². The summed E-state index contributed by atoms with van der Waals surface area (Å²) in [6.07, 6.45) is -0.374. The summed E-state index contributed by atoms with van der Waals surface area (Å²) in [4.78, 5) is 30.3. The number of amides is 2. The summed E-state index contributed by atoms with van der Waals surface area (Å²) in [5.74, 6) is -0.0566. The van der Waals surface area contributed by atoms with Gasteiger partial charge in [-0.1, -0.05) is 48.9 Å². The molecule has 4 aromatic rings. The van der Waals surface area contributed by atoms with Crippen LogP contribution in [0.15, 0.2) is 95.9 Å². The first-order chi connectivity index (χ1) is 23.8. The third-order valence-corrected chi connectivity index (χ3v) is 10.3. The van der Waals surface area contributed by atoms with Crippen LogP contribution in [-0.2, 0) is 27.8 Å². The zero-order valence-corrected chi connectivity index (χ0v) is 29.6. The lowest BCUT2D eigenvalue weighted by Crippen LogP contribution is -2.47. The number of carbonyl (C=O) groups is 2. The fourth-order valence-corrected chi connectivity index (χ4v) is 6.94. The van der Waals surface area contributed by atoms with Crippen LogP contribution >= 0.6 is 0 Å². The van der Waals surface area contributed by atoms with Gasteiger partial charge in [-0.25, -0.2) is 8.42 Å². The van der Waals surface area contributed by atoms with Crippen LogP contribution in [0.1, 0.15) is 40.9 Å². The van der Waals surface area contributed by atoms with E-state index in [4.69, 9.17) is 10.5 Å². The van der Waals surface area contributed by atoms with Gasteiger partial charge in [0.05, 0.1) is 35.3 Å². The Morgan fingerprint density at radius 1 is 1.06 bits per heavy atom. The largest absolute Gasteiger partial charge is 0.488 e. The number of likely N-dealkylation sites (N-methyl/N-ethyl adjacent to an activating group) is 1. The number of benzene rings is 4. The molecule has 0 aromatic heterocycles. The number of hydrogen-bond acceptors (Lipinski definition) is 8. The van der Waals surface area contributed by atoms with Crippen molar-refractivity contribution >= 4 is 38.9 Å². The minimum absolute atomic E-state index is 0.0220. The molecular formula is C38H45N5O6S. The van der Waals surface area contributed by atoms with E-state index in [9.17, 15) is 23.1 Å². The molecule has 3 atom stereocenters. The van der Waals surface area contributed by atoms with Gasteiger partial charge in [0.2, 0.25) is 5.91 Å². The molecule has 5 rings (SSSR count). The molecule has 0 saturated heterocycles. The van der Waals surface area contributed by atoms with Crippen LogP contribution in [0.25, 0.3) is 0 Å². The van der Waals surface area contributed by atoms with Crippen molar-refractivity contribution in [2.24, 2.45) is 5.92 Å². The zero-order chi connectivity index (χ0) is 36.0. The fraction of sp³-hybridized carbons (Fsp3) is 0.316. The van der Waals surface area contributed by atoms with Gasteiger partial charge in [-0.3, -0.25) is 19.2 Å². The Kier molecular flexibility index (Phi) is 11.5. The predicted molar refractivity (Wildman–Crippen MR) is 196 cm³/mol. The molecule has 0 saturated carbocycles. The molecule has 0 bridgehead atoms. The van der Waals surface area contributed by atoms with Gasteiger partial charge in [-0.2, -0.15) is 0 Å². The Bertz CT molecular complexity index is 1920. The molecule has 1 aliphatic heterocycles. The Labute approximate surface area is 294 Å². The quantitative estimate of drug-likeness (QED) is 0.161. The minimum Gasteiger partial charge on any atom is -0.488 e. The van der Waals surface area contributed by atoms with Gasteiger partial charge in [-0.15, -0.1) is 0 Å². The first-order valence-corrected chi connectivity index (χ1v) is 18.0. The molecule has 0 radical (unpaired) electrons. The van der Waals surface area contributed by atoms with Crippen molar-refractivity contribution in [1.29, 1.82) is 0 Å². The number of para-hydroxylation sites is 2. The monoisotopic (exact) mass is 699 g/mol. The number of fused-ring (bicyclic) bond motifs is 1. The Morgan fingerprint density at radius 2 is 1.76 bits per heavy atom. The van der Waals surface area contributed by atoms with Gasteiger partial charge in [0.1, 0.15) is 11.9 Å². The maximum Gasteiger partial charge on any atom is 0.261 e. The molecule has 50 heavy (non-hydrogen) atoms. The van der Waals surface area contributed by atoms with Crippen molar-refractivity contribution in [1.82, 2.24) is 9.80 Å². The number of nitrogens with zero attached hydrogens (tertiary/aromatic N) is 2. The number of aliphatic hydroxyl groups is 1. The lowest BCUT2D eigenvalue weighted by molar-refractivity contribution is -0.134. The van der Waals surface area contributed by atoms with E-state index in [1.165, 1.54) is 0 Å². The fourth-order valence-electron chi connectivity index (χ4n) is 5.89. The number of aliphatic hydroxyl groups excluding tert-OH is 1. The number of ether oxygens (including phenoxy) is 1. The standard InChI is InChI=1S/C38H45N5O6S/c1-25-9-16-32(17-10-25)50(47,48)41-31-15-18-35-30(19-31)20-37(45)43(27(3)24-44)21-26(2)36(49-35)23-42(4)22-28-11-13-29(14-12-28)38(46)40-34-8-6-5-7-33(34)39/h5-19,26-27,36,41,44H,20-24,39H2,1-4H3,(H,40,46)/t26-,27+,36-/m0/s1. The molecule has 0 aliphatic carbocycles. The summed E-state index contributed by atoms with van der Waals surface area (Å²) in [6.45, 7) is 6.96. The van der Waals surface area contributed by atoms with E-state index in [0.717, 1.165) is 11.1 Å². The lowest BCUT2D eigenvalue weighted by atomic mass is 10.0. The molecule has 264 valence electrons. The molecule has 11 nitrogen and oxygen atoms in total. The van der Waals surface area contributed by atoms with Crippen molar-refractivity contribution in [3.8, 4) is 5.75 Å². The lowest BCUT2D eigenvalue weighted by Gasteiger charge is -2.34. The van der Waals surface area contributed by atoms with E-state index in [2.05, 4.69) is 14.9 Å². The maximum absolute atomic E-state index is 13.6. The summed E-state index contributed by atoms with van der Waals surface area (Å²) in [7, 11) is -1.89. The number of aryl methyl sites for hydroxylation is 1. The first kappa shape index (κ1) is 36.4. The molecular weight excluding hydrogens is 655 g/mol. The average molecular weight is 700 g/mol. The van der Waals surface area contributed by atoms with Gasteiger partial charge in [0.25, 0.3) is 15.9 Å². The molecule has 12 heteroatoms. The molecule has 0 spiro atoms. The van der Waals surface area contributed by atoms with Crippen LogP contribution in [0.2, 0.25) is 0 Å². The summed E-state index contributed by atoms with van der Waals surface area (Å²) < 4.78 is 35.5. The second-order valence-corrected chi connectivity index (χ2v) is 14.7. The Balaban J connectivity index is 1.33. The Morgan fingerprint density at radius 3 is 2.44 bits per heavy atom. The third kappa shape index (κ3) is 9.00. The van der Waals surface area contributed by atoms with Crippen LogP contribution in [0.5, 0.6) is 5.75 Å². The number of sulfonamides is 1. The van der Waals surface area contributed by atoms with E-state index in [1.807, 2.05) is 39.1 Å². The van der Waals surface area contributed by atoms with Crippen LogP contribution in [0.4, 0.5) is 17.1 Å². The minimum atomic E-state index is -3.86. The molecule has 0 fully saturated rings. The van der Waals surface area contributed by atoms with E-state index in [1.54, 1.807) is 84.6 Å². The van der Waals surface area contributed by atoms with Crippen LogP contribution < -0.4 is 20.5 Å². The van der Waals surface area contributed by atoms with Crippen molar-refractivity contribution in [2.75, 3.05) is 42.5 Å². The van der Waals surface area contributed by atoms with Crippen molar-refractivity contribution in [3.05, 3.63) is 113 Å². The number of carbonyl (C=O) groups excluding carboxylic acids is 2. The van der Waals surface area contributed by atoms with E-state index in [-0.39, 0.29) is 41.8 Å². The number of anilines is 3. The van der Waals surface area contributed by atoms with E-state index in [0.29, 0.717) is 53.6 Å². The SMILES string of the molecule is Cc1ccc(S(=O)(=O)Nc2ccc3c(c2)CC(=O)N([C@H](C)CO)C[C@H](C)[C@H](CN(C)Cc2ccc(C(=O)Nc4ccccc4N)cc2)O3)cc1. The highest BCUT2D eigenvalue weighted by Crippen LogP contribution is 2.30. The molecule has 2 amide bonds. The summed E-state index contributed by atoms with van der Waals surface area (Å²) in [5.41, 5.74) is 10.3. The van der Waals surface area contributed by atoms with Crippen molar-refractivity contribution in [3.63, 3.8) is 0 Å². The van der Waals surface area contributed by atoms with Gasteiger partial charge in [0.15, 0.2) is 0 Å². The molecule has 5 N–H and O–H groups in total. The van der Waals surface area contributed by atoms with E-state index >= 15 is 0 Å². The number of rotatable bonds is 11. The van der Waals surface area contributed by atoms with Gasteiger partial charge < -0.3 is 25.8 Å². The molecule has 4 aromatic carbocycles. The topological polar surface area (TPSA) is 154 Å². The first-order valence-electron chi connectivity index (χ1n) is 16.6. The van der Waals surface area contributed by atoms with Gasteiger partial charge in [-0.05, 0) is 81.1 Å². The average Bonchev–Trinajstić information content (AvgIpc) is 3.12. The predicted octanol–water partition coefficient (Wildman–Crippen LogP) is 4.91. The molecule has 0 unspecified atom stereocenters. The number of nitrogens with one attached hydrogen (secondary N) is 2. The number of hydrogen-bond donors (Lipinski definition) is 4. The second kappa shape index (κ2) is 15.8.